The lowest BCUT2D eigenvalue weighted by Crippen LogP contribution is -2.40. The fourth-order valence-corrected chi connectivity index (χ4v) is 3.32. The zero-order valence-corrected chi connectivity index (χ0v) is 15.2. The highest BCUT2D eigenvalue weighted by atomic mass is 16.3. The molecule has 0 fully saturated rings. The molecule has 0 bridgehead atoms. The van der Waals surface area contributed by atoms with E-state index < -0.39 is 0 Å². The summed E-state index contributed by atoms with van der Waals surface area (Å²) in [4.78, 5) is 31.7. The summed E-state index contributed by atoms with van der Waals surface area (Å²) in [6.07, 6.45) is 6.67. The Morgan fingerprint density at radius 3 is 3.00 bits per heavy atom. The summed E-state index contributed by atoms with van der Waals surface area (Å²) in [5, 5.41) is 3.73. The van der Waals surface area contributed by atoms with Gasteiger partial charge in [0.2, 0.25) is 0 Å². The van der Waals surface area contributed by atoms with Crippen LogP contribution in [0.4, 0.5) is 10.6 Å². The van der Waals surface area contributed by atoms with E-state index in [9.17, 15) is 4.79 Å². The molecule has 0 unspecified atom stereocenters. The van der Waals surface area contributed by atoms with Crippen molar-refractivity contribution in [2.45, 2.75) is 20.0 Å². The quantitative estimate of drug-likeness (QED) is 0.578. The highest BCUT2D eigenvalue weighted by Gasteiger charge is 2.22. The van der Waals surface area contributed by atoms with Crippen LogP contribution in [-0.4, -0.2) is 42.0 Å². The number of hydrogen-bond acceptors (Lipinski definition) is 6. The summed E-state index contributed by atoms with van der Waals surface area (Å²) in [5.41, 5.74) is 2.35. The molecule has 0 atom stereocenters. The Kier molecular flexibility index (Phi) is 3.78. The van der Waals surface area contributed by atoms with E-state index in [1.165, 1.54) is 6.39 Å². The maximum atomic E-state index is 12.7. The molecule has 9 heteroatoms. The second-order valence-corrected chi connectivity index (χ2v) is 6.67. The molecular formula is C19H17N7O2. The van der Waals surface area contributed by atoms with Crippen LogP contribution in [0.5, 0.6) is 0 Å². The fourth-order valence-electron chi connectivity index (χ4n) is 3.32. The average molecular weight is 375 g/mol. The Morgan fingerprint density at radius 2 is 2.14 bits per heavy atom. The van der Waals surface area contributed by atoms with E-state index in [1.54, 1.807) is 23.4 Å². The van der Waals surface area contributed by atoms with E-state index in [2.05, 4.69) is 29.8 Å². The van der Waals surface area contributed by atoms with E-state index in [0.29, 0.717) is 35.9 Å². The number of imidazole rings is 1. The van der Waals surface area contributed by atoms with E-state index in [0.717, 1.165) is 23.4 Å². The van der Waals surface area contributed by atoms with Crippen molar-refractivity contribution in [3.05, 3.63) is 54.7 Å². The Hall–Kier alpha value is -3.75. The molecular weight excluding hydrogens is 358 g/mol. The number of nitrogens with one attached hydrogen (secondary N) is 1. The Balaban J connectivity index is 1.36. The summed E-state index contributed by atoms with van der Waals surface area (Å²) < 4.78 is 7.39. The minimum atomic E-state index is -0.204. The Labute approximate surface area is 160 Å². The van der Waals surface area contributed by atoms with Crippen LogP contribution in [0.1, 0.15) is 11.5 Å². The molecule has 9 nitrogen and oxygen atoms in total. The third-order valence-corrected chi connectivity index (χ3v) is 4.70. The largest absolute Gasteiger partial charge is 0.442 e. The van der Waals surface area contributed by atoms with Gasteiger partial charge in [0.15, 0.2) is 12.2 Å². The van der Waals surface area contributed by atoms with Crippen molar-refractivity contribution >= 4 is 22.8 Å². The molecule has 0 aromatic carbocycles. The molecule has 5 heterocycles. The molecule has 0 spiro atoms. The molecule has 1 aliphatic rings. The number of nitrogens with zero attached hydrogens (tertiary/aromatic N) is 6. The van der Waals surface area contributed by atoms with Crippen LogP contribution >= 0.6 is 0 Å². The zero-order chi connectivity index (χ0) is 19.1. The number of aromatic nitrogens is 5. The number of amides is 2. The number of fused-ring (bicyclic) bond motifs is 2. The monoisotopic (exact) mass is 375 g/mol. The fraction of sp³-hybridized carbons (Fsp3) is 0.211. The number of pyridine rings is 2. The van der Waals surface area contributed by atoms with Gasteiger partial charge in [0.1, 0.15) is 17.3 Å². The molecule has 0 saturated carbocycles. The first kappa shape index (κ1) is 16.4. The lowest BCUT2D eigenvalue weighted by molar-refractivity contribution is 0.195. The summed E-state index contributed by atoms with van der Waals surface area (Å²) >= 11 is 0. The van der Waals surface area contributed by atoms with Crippen molar-refractivity contribution in [1.29, 1.82) is 0 Å². The smallest absolute Gasteiger partial charge is 0.323 e. The molecule has 1 aliphatic heterocycles. The van der Waals surface area contributed by atoms with Gasteiger partial charge >= 0.3 is 6.03 Å². The first-order valence-corrected chi connectivity index (χ1v) is 8.90. The summed E-state index contributed by atoms with van der Waals surface area (Å²) in [7, 11) is 0. The van der Waals surface area contributed by atoms with Gasteiger partial charge in [0, 0.05) is 36.9 Å². The minimum absolute atomic E-state index is 0.204. The molecule has 0 radical (unpaired) electrons. The zero-order valence-electron chi connectivity index (χ0n) is 15.2. The van der Waals surface area contributed by atoms with Crippen LogP contribution < -0.4 is 5.32 Å². The number of rotatable bonds is 2. The second-order valence-electron chi connectivity index (χ2n) is 6.67. The van der Waals surface area contributed by atoms with Crippen molar-refractivity contribution in [2.24, 2.45) is 0 Å². The van der Waals surface area contributed by atoms with Gasteiger partial charge in [-0.15, -0.1) is 0 Å². The van der Waals surface area contributed by atoms with Crippen molar-refractivity contribution in [2.75, 3.05) is 11.9 Å². The summed E-state index contributed by atoms with van der Waals surface area (Å²) in [6.45, 7) is 3.78. The molecule has 0 saturated heterocycles. The number of carbonyl (C=O) groups is 1. The lowest BCUT2D eigenvalue weighted by atomic mass is 10.2. The predicted octanol–water partition coefficient (Wildman–Crippen LogP) is 2.84. The van der Waals surface area contributed by atoms with E-state index in [-0.39, 0.29) is 6.03 Å². The van der Waals surface area contributed by atoms with Gasteiger partial charge in [0.05, 0.1) is 24.0 Å². The Bertz CT molecular complexity index is 1170. The van der Waals surface area contributed by atoms with Crippen LogP contribution in [0.15, 0.2) is 47.6 Å². The molecule has 28 heavy (non-hydrogen) atoms. The van der Waals surface area contributed by atoms with E-state index >= 15 is 0 Å². The summed E-state index contributed by atoms with van der Waals surface area (Å²) in [6, 6.07) is 5.30. The standard InChI is InChI=1S/C19H17N7O2/c1-12-9-25-4-5-26(10-18(25)22-12)19(27)24-17-6-15-13(7-21-17)2-3-14(23-15)16-8-20-11-28-16/h2-3,6-9,11H,4-5,10H2,1H3,(H,21,24,27). The average Bonchev–Trinajstić information content (AvgIpc) is 3.35. The molecule has 140 valence electrons. The van der Waals surface area contributed by atoms with Crippen molar-refractivity contribution in [1.82, 2.24) is 29.4 Å². The third-order valence-electron chi connectivity index (χ3n) is 4.70. The lowest BCUT2D eigenvalue weighted by Gasteiger charge is -2.27. The molecule has 2 amide bonds. The van der Waals surface area contributed by atoms with Crippen molar-refractivity contribution < 1.29 is 9.21 Å². The van der Waals surface area contributed by atoms with Gasteiger partial charge in [0.25, 0.3) is 0 Å². The van der Waals surface area contributed by atoms with Crippen molar-refractivity contribution in [3.8, 4) is 11.5 Å². The highest BCUT2D eigenvalue weighted by Crippen LogP contribution is 2.22. The van der Waals surface area contributed by atoms with Gasteiger partial charge < -0.3 is 13.9 Å². The van der Waals surface area contributed by atoms with Crippen molar-refractivity contribution in [3.63, 3.8) is 0 Å². The molecule has 0 aliphatic carbocycles. The van der Waals surface area contributed by atoms with Gasteiger partial charge in [-0.25, -0.2) is 24.7 Å². The van der Waals surface area contributed by atoms with E-state index in [4.69, 9.17) is 4.42 Å². The van der Waals surface area contributed by atoms with Gasteiger partial charge in [-0.1, -0.05) is 0 Å². The number of anilines is 1. The SMILES string of the molecule is Cc1cn2c(n1)CN(C(=O)Nc1cc3nc(-c4cnco4)ccc3cn1)CC2. The Morgan fingerprint density at radius 1 is 1.21 bits per heavy atom. The second kappa shape index (κ2) is 6.45. The van der Waals surface area contributed by atoms with Crippen LogP contribution in [-0.2, 0) is 13.1 Å². The van der Waals surface area contributed by atoms with Crippen LogP contribution in [0.3, 0.4) is 0 Å². The third kappa shape index (κ3) is 2.96. The molecule has 1 N–H and O–H groups in total. The number of oxazole rings is 1. The van der Waals surface area contributed by atoms with Gasteiger partial charge in [-0.05, 0) is 19.1 Å². The number of urea groups is 1. The highest BCUT2D eigenvalue weighted by molar-refractivity contribution is 5.91. The van der Waals surface area contributed by atoms with Gasteiger partial charge in [-0.2, -0.15) is 0 Å². The maximum Gasteiger partial charge on any atom is 0.323 e. The van der Waals surface area contributed by atoms with Gasteiger partial charge in [-0.3, -0.25) is 5.32 Å². The topological polar surface area (TPSA) is 102 Å². The summed E-state index contributed by atoms with van der Waals surface area (Å²) in [5.74, 6) is 1.93. The van der Waals surface area contributed by atoms with E-state index in [1.807, 2.05) is 25.3 Å². The molecule has 5 rings (SSSR count). The predicted molar refractivity (Wildman–Crippen MR) is 101 cm³/mol. The number of hydrogen-bond donors (Lipinski definition) is 1. The maximum absolute atomic E-state index is 12.7. The normalized spacial score (nSPS) is 13.5. The first-order chi connectivity index (χ1) is 13.7. The minimum Gasteiger partial charge on any atom is -0.442 e. The van der Waals surface area contributed by atoms with Crippen LogP contribution in [0.25, 0.3) is 22.4 Å². The molecule has 4 aromatic heterocycles. The molecule has 4 aromatic rings. The van der Waals surface area contributed by atoms with Crippen LogP contribution in [0, 0.1) is 6.92 Å². The number of carbonyl (C=O) groups excluding carboxylic acids is 1. The number of aryl methyl sites for hydroxylation is 1. The van der Waals surface area contributed by atoms with Crippen LogP contribution in [0.2, 0.25) is 0 Å². The first-order valence-electron chi connectivity index (χ1n) is 8.90.